The van der Waals surface area contributed by atoms with Gasteiger partial charge >= 0.3 is 0 Å². The Labute approximate surface area is 192 Å². The van der Waals surface area contributed by atoms with Gasteiger partial charge in [0.1, 0.15) is 6.61 Å². The summed E-state index contributed by atoms with van der Waals surface area (Å²) in [6.07, 6.45) is 1.43. The van der Waals surface area contributed by atoms with Crippen LogP contribution in [0.15, 0.2) is 60.5 Å². The Morgan fingerprint density at radius 3 is 1.69 bits per heavy atom. The largest absolute Gasteiger partial charge is 0.476 e. The van der Waals surface area contributed by atoms with Gasteiger partial charge in [0.05, 0.1) is 5.54 Å². The van der Waals surface area contributed by atoms with E-state index in [2.05, 4.69) is 41.5 Å². The Balaban J connectivity index is 1.88. The molecule has 0 N–H and O–H groups in total. The van der Waals surface area contributed by atoms with E-state index in [-0.39, 0.29) is 22.5 Å². The molecular weight excluding hydrogens is 398 g/mol. The van der Waals surface area contributed by atoms with Gasteiger partial charge in [-0.3, -0.25) is 14.5 Å². The number of ether oxygens (including phenoxy) is 1. The highest BCUT2D eigenvalue weighted by Gasteiger charge is 2.42. The van der Waals surface area contributed by atoms with Crippen LogP contribution in [0.4, 0.5) is 0 Å². The lowest BCUT2D eigenvalue weighted by Gasteiger charge is -2.29. The van der Waals surface area contributed by atoms with E-state index in [0.29, 0.717) is 23.6 Å². The molecule has 32 heavy (non-hydrogen) atoms. The topological polar surface area (TPSA) is 46.6 Å². The molecule has 4 nitrogen and oxygen atoms in total. The molecule has 0 spiro atoms. The molecule has 1 fully saturated rings. The van der Waals surface area contributed by atoms with E-state index in [0.717, 1.165) is 11.1 Å². The molecule has 0 bridgehead atoms. The second-order valence-electron chi connectivity index (χ2n) is 11.2. The van der Waals surface area contributed by atoms with Crippen molar-refractivity contribution in [1.82, 2.24) is 4.90 Å². The van der Waals surface area contributed by atoms with Gasteiger partial charge in [-0.25, -0.2) is 0 Å². The highest BCUT2D eigenvalue weighted by Crippen LogP contribution is 2.32. The lowest BCUT2D eigenvalue weighted by atomic mass is 9.86. The standard InChI is InChI=1S/C28H35NO3/c1-26(2,3)21-13-9-19(10-14-21)23(30)17-24-29(28(7,8)18-32-24)25(31)20-11-15-22(16-12-20)27(4,5)6/h9-17H,18H2,1-8H3/b24-17-. The first-order valence-corrected chi connectivity index (χ1v) is 11.1. The van der Waals surface area contributed by atoms with Crippen LogP contribution in [0.25, 0.3) is 0 Å². The van der Waals surface area contributed by atoms with Crippen LogP contribution in [-0.4, -0.2) is 28.7 Å². The van der Waals surface area contributed by atoms with Crippen molar-refractivity contribution in [3.05, 3.63) is 82.7 Å². The number of amides is 1. The number of allylic oxidation sites excluding steroid dienone is 1. The van der Waals surface area contributed by atoms with E-state index >= 15 is 0 Å². The molecule has 1 aliphatic heterocycles. The second-order valence-corrected chi connectivity index (χ2v) is 11.2. The number of ketones is 1. The fourth-order valence-corrected chi connectivity index (χ4v) is 3.73. The van der Waals surface area contributed by atoms with Crippen LogP contribution in [0, 0.1) is 0 Å². The van der Waals surface area contributed by atoms with Crippen molar-refractivity contribution in [3.8, 4) is 0 Å². The molecule has 0 radical (unpaired) electrons. The van der Waals surface area contributed by atoms with Gasteiger partial charge < -0.3 is 4.74 Å². The van der Waals surface area contributed by atoms with Gasteiger partial charge in [-0.1, -0.05) is 77.9 Å². The number of carbonyl (C=O) groups excluding carboxylic acids is 2. The van der Waals surface area contributed by atoms with Crippen LogP contribution >= 0.6 is 0 Å². The first kappa shape index (κ1) is 23.8. The number of nitrogens with zero attached hydrogens (tertiary/aromatic N) is 1. The molecule has 1 heterocycles. The Hall–Kier alpha value is -2.88. The molecule has 4 heteroatoms. The maximum Gasteiger partial charge on any atom is 0.261 e. The van der Waals surface area contributed by atoms with E-state index in [9.17, 15) is 9.59 Å². The molecule has 3 rings (SSSR count). The van der Waals surface area contributed by atoms with Crippen molar-refractivity contribution in [3.63, 3.8) is 0 Å². The van der Waals surface area contributed by atoms with E-state index < -0.39 is 5.54 Å². The first-order chi connectivity index (χ1) is 14.7. The third-order valence-corrected chi connectivity index (χ3v) is 5.89. The van der Waals surface area contributed by atoms with Crippen molar-refractivity contribution in [2.24, 2.45) is 0 Å². The van der Waals surface area contributed by atoms with Gasteiger partial charge in [0.15, 0.2) is 5.78 Å². The summed E-state index contributed by atoms with van der Waals surface area (Å²) in [7, 11) is 0. The molecule has 0 aliphatic carbocycles. The van der Waals surface area contributed by atoms with Crippen LogP contribution in [-0.2, 0) is 15.6 Å². The Bertz CT molecular complexity index is 1030. The fraction of sp³-hybridized carbons (Fsp3) is 0.429. The summed E-state index contributed by atoms with van der Waals surface area (Å²) in [6.45, 7) is 17.1. The third-order valence-electron chi connectivity index (χ3n) is 5.89. The van der Waals surface area contributed by atoms with Gasteiger partial charge in [-0.2, -0.15) is 0 Å². The van der Waals surface area contributed by atoms with Crippen LogP contribution in [0.3, 0.4) is 0 Å². The molecule has 2 aromatic rings. The number of hydrogen-bond acceptors (Lipinski definition) is 3. The van der Waals surface area contributed by atoms with Gasteiger partial charge in [0, 0.05) is 17.2 Å². The summed E-state index contributed by atoms with van der Waals surface area (Å²) in [6, 6.07) is 15.3. The van der Waals surface area contributed by atoms with Crippen molar-refractivity contribution >= 4 is 11.7 Å². The zero-order valence-corrected chi connectivity index (χ0v) is 20.6. The smallest absolute Gasteiger partial charge is 0.261 e. The van der Waals surface area contributed by atoms with Crippen molar-refractivity contribution in [2.75, 3.05) is 6.61 Å². The lowest BCUT2D eigenvalue weighted by molar-refractivity contribution is 0.0709. The summed E-state index contributed by atoms with van der Waals surface area (Å²) in [5.74, 6) is -0.0566. The van der Waals surface area contributed by atoms with Crippen LogP contribution in [0.5, 0.6) is 0 Å². The maximum atomic E-state index is 13.4. The highest BCUT2D eigenvalue weighted by molar-refractivity contribution is 6.05. The molecule has 1 amide bonds. The number of hydrogen-bond donors (Lipinski definition) is 0. The minimum absolute atomic E-state index is 0.0115. The summed E-state index contributed by atoms with van der Waals surface area (Å²) in [4.78, 5) is 27.9. The van der Waals surface area contributed by atoms with Gasteiger partial charge in [0.2, 0.25) is 5.88 Å². The zero-order valence-electron chi connectivity index (χ0n) is 20.6. The minimum atomic E-state index is -0.554. The summed E-state index contributed by atoms with van der Waals surface area (Å²) in [5, 5.41) is 0. The van der Waals surface area contributed by atoms with Crippen LogP contribution < -0.4 is 0 Å². The third kappa shape index (κ3) is 4.95. The monoisotopic (exact) mass is 433 g/mol. The van der Waals surface area contributed by atoms with Crippen LogP contribution in [0.2, 0.25) is 0 Å². The molecule has 0 unspecified atom stereocenters. The summed E-state index contributed by atoms with van der Waals surface area (Å²) in [5.41, 5.74) is 2.94. The predicted molar refractivity (Wildman–Crippen MR) is 129 cm³/mol. The van der Waals surface area contributed by atoms with Gasteiger partial charge in [-0.05, 0) is 47.9 Å². The molecule has 2 aromatic carbocycles. The van der Waals surface area contributed by atoms with Crippen molar-refractivity contribution < 1.29 is 14.3 Å². The molecular formula is C28H35NO3. The molecule has 0 atom stereocenters. The van der Waals surface area contributed by atoms with E-state index in [1.807, 2.05) is 62.4 Å². The zero-order chi connectivity index (χ0) is 23.9. The fourth-order valence-electron chi connectivity index (χ4n) is 3.73. The summed E-state index contributed by atoms with van der Waals surface area (Å²) >= 11 is 0. The Morgan fingerprint density at radius 1 is 0.812 bits per heavy atom. The predicted octanol–water partition coefficient (Wildman–Crippen LogP) is 6.26. The van der Waals surface area contributed by atoms with Crippen LogP contribution in [0.1, 0.15) is 87.2 Å². The van der Waals surface area contributed by atoms with E-state index in [4.69, 9.17) is 4.74 Å². The number of carbonyl (C=O) groups is 2. The summed E-state index contributed by atoms with van der Waals surface area (Å²) < 4.78 is 5.82. The van der Waals surface area contributed by atoms with E-state index in [1.54, 1.807) is 4.90 Å². The quantitative estimate of drug-likeness (QED) is 0.424. The average molecular weight is 434 g/mol. The molecule has 170 valence electrons. The maximum absolute atomic E-state index is 13.4. The minimum Gasteiger partial charge on any atom is -0.476 e. The van der Waals surface area contributed by atoms with Crippen molar-refractivity contribution in [2.45, 2.75) is 71.8 Å². The Morgan fingerprint density at radius 2 is 1.25 bits per heavy atom. The molecule has 1 aliphatic rings. The normalized spacial score (nSPS) is 17.4. The Kier molecular flexibility index (Phi) is 6.12. The molecule has 0 aromatic heterocycles. The second kappa shape index (κ2) is 8.23. The van der Waals surface area contributed by atoms with E-state index in [1.165, 1.54) is 6.08 Å². The molecule has 1 saturated heterocycles. The lowest BCUT2D eigenvalue weighted by Crippen LogP contribution is -2.43. The number of benzene rings is 2. The SMILES string of the molecule is CC(C)(C)c1ccc(C(=O)/C=C2\OCC(C)(C)N2C(=O)c2ccc(C(C)(C)C)cc2)cc1. The first-order valence-electron chi connectivity index (χ1n) is 11.1. The number of rotatable bonds is 3. The van der Waals surface area contributed by atoms with Gasteiger partial charge in [-0.15, -0.1) is 0 Å². The average Bonchev–Trinajstić information content (AvgIpc) is 3.00. The van der Waals surface area contributed by atoms with Crippen molar-refractivity contribution in [1.29, 1.82) is 0 Å². The highest BCUT2D eigenvalue weighted by atomic mass is 16.5. The molecule has 0 saturated carbocycles. The van der Waals surface area contributed by atoms with Gasteiger partial charge in [0.25, 0.3) is 5.91 Å².